The molecule has 3 rings (SSSR count). The van der Waals surface area contributed by atoms with Crippen LogP contribution in [0.2, 0.25) is 0 Å². The molecular weight excluding hydrogens is 312 g/mol. The minimum absolute atomic E-state index is 0.676. The molecular formula is C16H18N4S2. The monoisotopic (exact) mass is 330 g/mol. The zero-order chi connectivity index (χ0) is 15.5. The van der Waals surface area contributed by atoms with Gasteiger partial charge in [-0.25, -0.2) is 4.68 Å². The van der Waals surface area contributed by atoms with Crippen molar-refractivity contribution in [2.24, 2.45) is 7.05 Å². The molecule has 0 saturated heterocycles. The lowest BCUT2D eigenvalue weighted by Crippen LogP contribution is -2.22. The summed E-state index contributed by atoms with van der Waals surface area (Å²) in [6.07, 6.45) is 0. The van der Waals surface area contributed by atoms with E-state index in [0.717, 1.165) is 22.7 Å². The molecule has 0 aliphatic rings. The lowest BCUT2D eigenvalue weighted by atomic mass is 10.2. The van der Waals surface area contributed by atoms with Crippen LogP contribution in [-0.4, -0.2) is 26.3 Å². The zero-order valence-electron chi connectivity index (χ0n) is 12.6. The van der Waals surface area contributed by atoms with Gasteiger partial charge in [-0.05, 0) is 41.7 Å². The van der Waals surface area contributed by atoms with Gasteiger partial charge >= 0.3 is 0 Å². The van der Waals surface area contributed by atoms with Crippen molar-refractivity contribution in [3.63, 3.8) is 0 Å². The Morgan fingerprint density at radius 1 is 1.23 bits per heavy atom. The van der Waals surface area contributed by atoms with Gasteiger partial charge in [-0.1, -0.05) is 30.3 Å². The second-order valence-electron chi connectivity index (χ2n) is 5.32. The first kappa shape index (κ1) is 15.1. The molecule has 0 amide bonds. The Kier molecular flexibility index (Phi) is 4.52. The second-order valence-corrected chi connectivity index (χ2v) is 6.46. The van der Waals surface area contributed by atoms with Gasteiger partial charge in [-0.3, -0.25) is 4.90 Å². The van der Waals surface area contributed by atoms with Gasteiger partial charge in [-0.15, -0.1) is 0 Å². The van der Waals surface area contributed by atoms with Crippen LogP contribution in [0.4, 0.5) is 0 Å². The van der Waals surface area contributed by atoms with E-state index in [-0.39, 0.29) is 0 Å². The van der Waals surface area contributed by atoms with Crippen molar-refractivity contribution in [2.75, 3.05) is 7.05 Å². The Bertz CT molecular complexity index is 787. The Hall–Kier alpha value is -1.76. The first-order valence-electron chi connectivity index (χ1n) is 7.04. The smallest absolute Gasteiger partial charge is 0.199 e. The molecule has 1 aromatic carbocycles. The third kappa shape index (κ3) is 3.19. The van der Waals surface area contributed by atoms with Crippen molar-refractivity contribution in [3.05, 3.63) is 57.5 Å². The van der Waals surface area contributed by atoms with E-state index in [2.05, 4.69) is 46.0 Å². The summed E-state index contributed by atoms with van der Waals surface area (Å²) in [4.78, 5) is 2.21. The molecule has 2 aromatic heterocycles. The number of benzene rings is 1. The molecule has 0 unspecified atom stereocenters. The average Bonchev–Trinajstić information content (AvgIpc) is 3.12. The predicted octanol–water partition coefficient (Wildman–Crippen LogP) is 3.77. The van der Waals surface area contributed by atoms with Crippen LogP contribution in [0.25, 0.3) is 11.4 Å². The summed E-state index contributed by atoms with van der Waals surface area (Å²) >= 11 is 7.24. The van der Waals surface area contributed by atoms with E-state index in [4.69, 9.17) is 12.2 Å². The lowest BCUT2D eigenvalue weighted by Gasteiger charge is -2.15. The SMILES string of the molecule is CN(Cc1ccsc1)Cn1nc(-c2ccccc2)n(C)c1=S. The second kappa shape index (κ2) is 6.56. The van der Waals surface area contributed by atoms with Crippen LogP contribution in [0.1, 0.15) is 5.56 Å². The normalized spacial score (nSPS) is 11.2. The summed E-state index contributed by atoms with van der Waals surface area (Å²) in [6, 6.07) is 12.3. The van der Waals surface area contributed by atoms with Gasteiger partial charge in [0, 0.05) is 19.2 Å². The number of nitrogens with zero attached hydrogens (tertiary/aromatic N) is 4. The first-order valence-corrected chi connectivity index (χ1v) is 8.39. The van der Waals surface area contributed by atoms with E-state index in [0.29, 0.717) is 6.67 Å². The molecule has 0 fully saturated rings. The molecule has 3 aromatic rings. The van der Waals surface area contributed by atoms with Gasteiger partial charge in [0.2, 0.25) is 0 Å². The van der Waals surface area contributed by atoms with Crippen LogP contribution in [-0.2, 0) is 20.3 Å². The van der Waals surface area contributed by atoms with Crippen LogP contribution < -0.4 is 0 Å². The van der Waals surface area contributed by atoms with Gasteiger partial charge < -0.3 is 4.57 Å². The molecule has 114 valence electrons. The fraction of sp³-hybridized carbons (Fsp3) is 0.250. The fourth-order valence-electron chi connectivity index (χ4n) is 2.39. The molecule has 0 aliphatic carbocycles. The summed E-state index contributed by atoms with van der Waals surface area (Å²) in [5, 5.41) is 8.96. The van der Waals surface area contributed by atoms with Gasteiger partial charge in [0.05, 0.1) is 6.67 Å². The molecule has 0 N–H and O–H groups in total. The van der Waals surface area contributed by atoms with E-state index in [1.165, 1.54) is 5.56 Å². The van der Waals surface area contributed by atoms with Crippen LogP contribution >= 0.6 is 23.6 Å². The molecule has 0 atom stereocenters. The summed E-state index contributed by atoms with van der Waals surface area (Å²) in [6.45, 7) is 1.57. The van der Waals surface area contributed by atoms with Gasteiger partial charge in [0.15, 0.2) is 10.6 Å². The highest BCUT2D eigenvalue weighted by atomic mass is 32.1. The molecule has 0 radical (unpaired) electrons. The third-order valence-corrected chi connectivity index (χ3v) is 4.70. The number of aromatic nitrogens is 3. The van der Waals surface area contributed by atoms with Crippen LogP contribution in [0, 0.1) is 4.77 Å². The Labute approximate surface area is 139 Å². The van der Waals surface area contributed by atoms with Crippen LogP contribution in [0.3, 0.4) is 0 Å². The van der Waals surface area contributed by atoms with Crippen molar-refractivity contribution in [1.82, 2.24) is 19.2 Å². The molecule has 4 nitrogen and oxygen atoms in total. The fourth-order valence-corrected chi connectivity index (χ4v) is 3.24. The molecule has 0 aliphatic heterocycles. The lowest BCUT2D eigenvalue weighted by molar-refractivity contribution is 0.244. The van der Waals surface area contributed by atoms with Crippen molar-refractivity contribution >= 4 is 23.6 Å². The van der Waals surface area contributed by atoms with Gasteiger partial charge in [0.25, 0.3) is 0 Å². The van der Waals surface area contributed by atoms with E-state index in [1.807, 2.05) is 34.5 Å². The molecule has 0 bridgehead atoms. The molecule has 0 spiro atoms. The van der Waals surface area contributed by atoms with Crippen LogP contribution in [0.15, 0.2) is 47.2 Å². The summed E-state index contributed by atoms with van der Waals surface area (Å²) in [7, 11) is 4.04. The highest BCUT2D eigenvalue weighted by molar-refractivity contribution is 7.71. The number of rotatable bonds is 5. The maximum atomic E-state index is 5.52. The number of thiophene rings is 1. The largest absolute Gasteiger partial charge is 0.303 e. The van der Waals surface area contributed by atoms with Gasteiger partial charge in [-0.2, -0.15) is 16.4 Å². The van der Waals surface area contributed by atoms with Crippen molar-refractivity contribution in [1.29, 1.82) is 0 Å². The van der Waals surface area contributed by atoms with Crippen LogP contribution in [0.5, 0.6) is 0 Å². The molecule has 2 heterocycles. The molecule has 6 heteroatoms. The Morgan fingerprint density at radius 3 is 2.68 bits per heavy atom. The molecule has 0 saturated carbocycles. The van der Waals surface area contributed by atoms with Crippen molar-refractivity contribution < 1.29 is 0 Å². The van der Waals surface area contributed by atoms with E-state index in [1.54, 1.807) is 11.3 Å². The van der Waals surface area contributed by atoms with E-state index in [9.17, 15) is 0 Å². The summed E-state index contributed by atoms with van der Waals surface area (Å²) < 4.78 is 4.57. The van der Waals surface area contributed by atoms with Crippen molar-refractivity contribution in [3.8, 4) is 11.4 Å². The zero-order valence-corrected chi connectivity index (χ0v) is 14.3. The topological polar surface area (TPSA) is 26.0 Å². The predicted molar refractivity (Wildman–Crippen MR) is 93.3 cm³/mol. The maximum Gasteiger partial charge on any atom is 0.199 e. The average molecular weight is 330 g/mol. The highest BCUT2D eigenvalue weighted by Gasteiger charge is 2.11. The summed E-state index contributed by atoms with van der Waals surface area (Å²) in [5.74, 6) is 0.898. The standard InChI is InChI=1S/C16H18N4S2/c1-18(10-13-8-9-22-11-13)12-20-16(21)19(2)15(17-20)14-6-4-3-5-7-14/h3-9,11H,10,12H2,1-2H3. The third-order valence-electron chi connectivity index (χ3n) is 3.48. The van der Waals surface area contributed by atoms with Gasteiger partial charge in [0.1, 0.15) is 0 Å². The Morgan fingerprint density at radius 2 is 2.00 bits per heavy atom. The van der Waals surface area contributed by atoms with E-state index >= 15 is 0 Å². The number of hydrogen-bond donors (Lipinski definition) is 0. The first-order chi connectivity index (χ1) is 10.6. The quantitative estimate of drug-likeness (QED) is 0.666. The molecule has 22 heavy (non-hydrogen) atoms. The Balaban J connectivity index is 1.82. The van der Waals surface area contributed by atoms with E-state index < -0.39 is 0 Å². The summed E-state index contributed by atoms with van der Waals surface area (Å²) in [5.41, 5.74) is 2.40. The minimum atomic E-state index is 0.676. The highest BCUT2D eigenvalue weighted by Crippen LogP contribution is 2.17. The van der Waals surface area contributed by atoms with Crippen molar-refractivity contribution in [2.45, 2.75) is 13.2 Å². The minimum Gasteiger partial charge on any atom is -0.303 e. The maximum absolute atomic E-state index is 5.52. The number of hydrogen-bond acceptors (Lipinski definition) is 4.